The Hall–Kier alpha value is -0.770. The number of methoxy groups -OCH3 is 1. The van der Waals surface area contributed by atoms with Crippen molar-refractivity contribution in [3.63, 3.8) is 0 Å². The first-order valence-corrected chi connectivity index (χ1v) is 5.11. The summed E-state index contributed by atoms with van der Waals surface area (Å²) in [6.45, 7) is 9.75. The molecule has 1 aliphatic rings. The summed E-state index contributed by atoms with van der Waals surface area (Å²) in [6, 6.07) is 0. The summed E-state index contributed by atoms with van der Waals surface area (Å²) in [7, 11) is 1.41. The first-order valence-electron chi connectivity index (χ1n) is 5.11. The number of rotatable bonds is 0. The molecule has 1 aliphatic heterocycles. The molecule has 1 rings (SSSR count). The monoisotopic (exact) mass is 202 g/mol. The average Bonchev–Trinajstić information content (AvgIpc) is 2.17. The maximum atomic E-state index is 10.8. The molecular weight excluding hydrogens is 180 g/mol. The van der Waals surface area contributed by atoms with Crippen LogP contribution in [0, 0.1) is 5.92 Å². The number of carbonyl (C=O) groups excluding carboxylic acids is 1. The van der Waals surface area contributed by atoms with Gasteiger partial charge in [-0.05, 0) is 5.92 Å². The fourth-order valence-corrected chi connectivity index (χ4v) is 0.977. The molecule has 1 fully saturated rings. The lowest BCUT2D eigenvalue weighted by molar-refractivity contribution is 0.118. The van der Waals surface area contributed by atoms with Crippen molar-refractivity contribution in [2.75, 3.05) is 33.3 Å². The second kappa shape index (κ2) is 7.62. The number of piperazine rings is 1. The molecule has 0 bridgehead atoms. The van der Waals surface area contributed by atoms with E-state index in [0.29, 0.717) is 0 Å². The van der Waals surface area contributed by atoms with Gasteiger partial charge in [-0.15, -0.1) is 0 Å². The number of hydrogen-bond acceptors (Lipinski definition) is 3. The highest BCUT2D eigenvalue weighted by atomic mass is 16.5. The van der Waals surface area contributed by atoms with Gasteiger partial charge in [-0.3, -0.25) is 0 Å². The van der Waals surface area contributed by atoms with E-state index < -0.39 is 0 Å². The summed E-state index contributed by atoms with van der Waals surface area (Å²) in [5, 5.41) is 3.14. The lowest BCUT2D eigenvalue weighted by Gasteiger charge is -2.25. The van der Waals surface area contributed by atoms with Crippen molar-refractivity contribution < 1.29 is 9.53 Å². The number of carbonyl (C=O) groups is 1. The molecule has 84 valence electrons. The van der Waals surface area contributed by atoms with E-state index in [0.717, 1.165) is 32.1 Å². The minimum absolute atomic E-state index is 0.221. The predicted molar refractivity (Wildman–Crippen MR) is 57.4 cm³/mol. The molecule has 0 radical (unpaired) electrons. The number of ether oxygens (including phenoxy) is 1. The molecule has 4 heteroatoms. The van der Waals surface area contributed by atoms with Crippen LogP contribution in [0.2, 0.25) is 0 Å². The normalized spacial score (nSPS) is 15.9. The van der Waals surface area contributed by atoms with E-state index in [4.69, 9.17) is 0 Å². The molecule has 1 amide bonds. The van der Waals surface area contributed by atoms with Gasteiger partial charge in [0.15, 0.2) is 0 Å². The molecule has 0 unspecified atom stereocenters. The summed E-state index contributed by atoms with van der Waals surface area (Å²) < 4.78 is 4.55. The van der Waals surface area contributed by atoms with Gasteiger partial charge in [-0.25, -0.2) is 4.79 Å². The van der Waals surface area contributed by atoms with Crippen LogP contribution in [0.25, 0.3) is 0 Å². The van der Waals surface area contributed by atoms with Crippen LogP contribution in [0.1, 0.15) is 20.8 Å². The lowest BCUT2D eigenvalue weighted by atomic mass is 10.3. The molecule has 0 aromatic carbocycles. The van der Waals surface area contributed by atoms with E-state index in [2.05, 4.69) is 30.8 Å². The zero-order valence-electron chi connectivity index (χ0n) is 9.67. The summed E-state index contributed by atoms with van der Waals surface area (Å²) in [5.74, 6) is 0.833. The zero-order chi connectivity index (χ0) is 11.0. The van der Waals surface area contributed by atoms with Gasteiger partial charge in [0.1, 0.15) is 0 Å². The molecule has 14 heavy (non-hydrogen) atoms. The number of nitrogens with zero attached hydrogens (tertiary/aromatic N) is 1. The predicted octanol–water partition coefficient (Wildman–Crippen LogP) is 1.32. The quantitative estimate of drug-likeness (QED) is 0.644. The van der Waals surface area contributed by atoms with Crippen LogP contribution in [-0.2, 0) is 4.74 Å². The maximum absolute atomic E-state index is 10.8. The second-order valence-corrected chi connectivity index (χ2v) is 3.94. The standard InChI is InChI=1S/C6H12N2O2.C4H10/c1-10-6(9)8-4-2-7-3-5-8;1-4(2)3/h7H,2-5H2,1H3;4H,1-3H3. The summed E-state index contributed by atoms with van der Waals surface area (Å²) in [6.07, 6.45) is -0.221. The van der Waals surface area contributed by atoms with E-state index in [-0.39, 0.29) is 6.09 Å². The first-order chi connectivity index (χ1) is 6.57. The molecule has 0 saturated carbocycles. The highest BCUT2D eigenvalue weighted by Crippen LogP contribution is 1.94. The third-order valence-corrected chi connectivity index (χ3v) is 1.55. The maximum Gasteiger partial charge on any atom is 0.409 e. The third-order valence-electron chi connectivity index (χ3n) is 1.55. The van der Waals surface area contributed by atoms with Crippen molar-refractivity contribution in [1.82, 2.24) is 10.2 Å². The van der Waals surface area contributed by atoms with Gasteiger partial charge in [0, 0.05) is 26.2 Å². The Morgan fingerprint density at radius 1 is 1.29 bits per heavy atom. The Balaban J connectivity index is 0.000000364. The van der Waals surface area contributed by atoms with Gasteiger partial charge in [0.25, 0.3) is 0 Å². The third kappa shape index (κ3) is 6.71. The Morgan fingerprint density at radius 2 is 1.71 bits per heavy atom. The molecule has 0 aromatic rings. The van der Waals surface area contributed by atoms with Crippen LogP contribution in [0.4, 0.5) is 4.79 Å². The summed E-state index contributed by atoms with van der Waals surface area (Å²) in [5.41, 5.74) is 0. The van der Waals surface area contributed by atoms with Gasteiger partial charge in [0.05, 0.1) is 7.11 Å². The smallest absolute Gasteiger partial charge is 0.409 e. The number of nitrogens with one attached hydrogen (secondary N) is 1. The molecule has 0 aliphatic carbocycles. The van der Waals surface area contributed by atoms with Crippen LogP contribution in [0.15, 0.2) is 0 Å². The first kappa shape index (κ1) is 13.2. The summed E-state index contributed by atoms with van der Waals surface area (Å²) in [4.78, 5) is 12.5. The van der Waals surface area contributed by atoms with Crippen LogP contribution in [-0.4, -0.2) is 44.3 Å². The van der Waals surface area contributed by atoms with Crippen LogP contribution in [0.5, 0.6) is 0 Å². The highest BCUT2D eigenvalue weighted by Gasteiger charge is 2.15. The van der Waals surface area contributed by atoms with Crippen LogP contribution >= 0.6 is 0 Å². The SMILES string of the molecule is CC(C)C.COC(=O)N1CCNCC1. The van der Waals surface area contributed by atoms with Crippen molar-refractivity contribution in [2.45, 2.75) is 20.8 Å². The molecule has 0 spiro atoms. The molecule has 0 aromatic heterocycles. The summed E-state index contributed by atoms with van der Waals surface area (Å²) >= 11 is 0. The lowest BCUT2D eigenvalue weighted by Crippen LogP contribution is -2.46. The number of amides is 1. The molecule has 1 heterocycles. The zero-order valence-corrected chi connectivity index (χ0v) is 9.67. The van der Waals surface area contributed by atoms with Crippen molar-refractivity contribution in [1.29, 1.82) is 0 Å². The van der Waals surface area contributed by atoms with Crippen LogP contribution < -0.4 is 5.32 Å². The van der Waals surface area contributed by atoms with Crippen molar-refractivity contribution in [2.24, 2.45) is 5.92 Å². The van der Waals surface area contributed by atoms with Gasteiger partial charge in [-0.2, -0.15) is 0 Å². The Bertz CT molecular complexity index is 151. The Morgan fingerprint density at radius 3 is 2.07 bits per heavy atom. The van der Waals surface area contributed by atoms with E-state index in [9.17, 15) is 4.79 Å². The number of hydrogen-bond donors (Lipinski definition) is 1. The van der Waals surface area contributed by atoms with Gasteiger partial charge >= 0.3 is 6.09 Å². The molecule has 1 saturated heterocycles. The van der Waals surface area contributed by atoms with Crippen molar-refractivity contribution >= 4 is 6.09 Å². The second-order valence-electron chi connectivity index (χ2n) is 3.94. The van der Waals surface area contributed by atoms with Gasteiger partial charge < -0.3 is 15.0 Å². The van der Waals surface area contributed by atoms with Gasteiger partial charge in [-0.1, -0.05) is 20.8 Å². The van der Waals surface area contributed by atoms with Crippen LogP contribution in [0.3, 0.4) is 0 Å². The average molecular weight is 202 g/mol. The molecule has 0 atom stereocenters. The Kier molecular flexibility index (Phi) is 7.20. The minimum atomic E-state index is -0.221. The van der Waals surface area contributed by atoms with E-state index >= 15 is 0 Å². The Labute approximate surface area is 86.6 Å². The highest BCUT2D eigenvalue weighted by molar-refractivity contribution is 5.67. The van der Waals surface area contributed by atoms with E-state index in [1.54, 1.807) is 4.90 Å². The largest absolute Gasteiger partial charge is 0.453 e. The topological polar surface area (TPSA) is 41.6 Å². The van der Waals surface area contributed by atoms with E-state index in [1.807, 2.05) is 0 Å². The molecule has 1 N–H and O–H groups in total. The van der Waals surface area contributed by atoms with E-state index in [1.165, 1.54) is 7.11 Å². The van der Waals surface area contributed by atoms with Crippen molar-refractivity contribution in [3.8, 4) is 0 Å². The fraction of sp³-hybridized carbons (Fsp3) is 0.900. The fourth-order valence-electron chi connectivity index (χ4n) is 0.977. The van der Waals surface area contributed by atoms with Crippen molar-refractivity contribution in [3.05, 3.63) is 0 Å². The van der Waals surface area contributed by atoms with Gasteiger partial charge in [0.2, 0.25) is 0 Å². The molecular formula is C10H22N2O2. The molecule has 4 nitrogen and oxygen atoms in total. The minimum Gasteiger partial charge on any atom is -0.453 e.